The zero-order chi connectivity index (χ0) is 23.4. The fourth-order valence-corrected chi connectivity index (χ4v) is 5.83. The number of rotatable bonds is 4. The Morgan fingerprint density at radius 1 is 1.03 bits per heavy atom. The van der Waals surface area contributed by atoms with Gasteiger partial charge in [0, 0.05) is 29.2 Å². The number of pyridine rings is 1. The third-order valence-electron chi connectivity index (χ3n) is 7.50. The number of fused-ring (bicyclic) bond motifs is 3. The van der Waals surface area contributed by atoms with E-state index in [-0.39, 0.29) is 11.6 Å². The summed E-state index contributed by atoms with van der Waals surface area (Å²) in [6, 6.07) is 14.0. The molecule has 9 nitrogen and oxygen atoms in total. The number of benzene rings is 2. The van der Waals surface area contributed by atoms with Crippen LogP contribution in [0.15, 0.2) is 47.3 Å². The van der Waals surface area contributed by atoms with E-state index in [2.05, 4.69) is 43.6 Å². The minimum absolute atomic E-state index is 0.149. The summed E-state index contributed by atoms with van der Waals surface area (Å²) in [4.78, 5) is 19.0. The van der Waals surface area contributed by atoms with Gasteiger partial charge in [-0.3, -0.25) is 4.79 Å². The van der Waals surface area contributed by atoms with Crippen LogP contribution in [0.5, 0.6) is 11.5 Å². The number of tetrazole rings is 1. The maximum Gasteiger partial charge on any atom is 0.254 e. The van der Waals surface area contributed by atoms with Crippen LogP contribution in [-0.4, -0.2) is 44.9 Å². The van der Waals surface area contributed by atoms with Gasteiger partial charge in [0.05, 0.1) is 11.6 Å². The van der Waals surface area contributed by atoms with Gasteiger partial charge in [-0.05, 0) is 53.5 Å². The van der Waals surface area contributed by atoms with Crippen molar-refractivity contribution in [2.75, 3.05) is 24.7 Å². The summed E-state index contributed by atoms with van der Waals surface area (Å²) in [5.74, 6) is 2.07. The Labute approximate surface area is 201 Å². The smallest absolute Gasteiger partial charge is 0.254 e. The van der Waals surface area contributed by atoms with Crippen molar-refractivity contribution in [3.63, 3.8) is 0 Å². The van der Waals surface area contributed by atoms with Crippen LogP contribution in [0.4, 0.5) is 5.69 Å². The molecule has 2 aromatic carbocycles. The molecule has 1 aliphatic carbocycles. The quantitative estimate of drug-likeness (QED) is 0.487. The van der Waals surface area contributed by atoms with Crippen LogP contribution >= 0.6 is 0 Å². The topological polar surface area (TPSA) is 98.2 Å². The lowest BCUT2D eigenvalue weighted by Gasteiger charge is -2.30. The first-order valence-electron chi connectivity index (χ1n) is 12.3. The van der Waals surface area contributed by atoms with Crippen LogP contribution in [-0.2, 0) is 6.42 Å². The second kappa shape index (κ2) is 8.11. The maximum absolute atomic E-state index is 13.6. The molecule has 178 valence electrons. The molecule has 0 radical (unpaired) electrons. The molecule has 1 saturated carbocycles. The number of H-pyrrole nitrogens is 1. The average molecular weight is 471 g/mol. The number of nitrogens with one attached hydrogen (secondary N) is 1. The van der Waals surface area contributed by atoms with Gasteiger partial charge in [-0.15, -0.1) is 5.10 Å². The minimum atomic E-state index is -0.407. The van der Waals surface area contributed by atoms with E-state index in [0.29, 0.717) is 30.3 Å². The van der Waals surface area contributed by atoms with Gasteiger partial charge in [0.2, 0.25) is 0 Å². The van der Waals surface area contributed by atoms with E-state index in [1.807, 2.05) is 28.9 Å². The lowest BCUT2D eigenvalue weighted by molar-refractivity contribution is 0.172. The highest BCUT2D eigenvalue weighted by Crippen LogP contribution is 2.40. The molecule has 35 heavy (non-hydrogen) atoms. The van der Waals surface area contributed by atoms with Crippen molar-refractivity contribution in [1.82, 2.24) is 25.2 Å². The summed E-state index contributed by atoms with van der Waals surface area (Å²) >= 11 is 0. The molecular formula is C26H26N6O3. The molecule has 1 fully saturated rings. The summed E-state index contributed by atoms with van der Waals surface area (Å²) in [5, 5.41) is 13.9. The summed E-state index contributed by atoms with van der Waals surface area (Å²) in [6.45, 7) is 1.80. The summed E-state index contributed by atoms with van der Waals surface area (Å²) in [5.41, 5.74) is 3.60. The Balaban J connectivity index is 1.42. The van der Waals surface area contributed by atoms with Gasteiger partial charge in [0.15, 0.2) is 17.3 Å². The monoisotopic (exact) mass is 470 g/mol. The van der Waals surface area contributed by atoms with Gasteiger partial charge in [0.25, 0.3) is 5.56 Å². The minimum Gasteiger partial charge on any atom is -0.486 e. The lowest BCUT2D eigenvalue weighted by Crippen LogP contribution is -2.34. The maximum atomic E-state index is 13.6. The van der Waals surface area contributed by atoms with E-state index in [9.17, 15) is 4.79 Å². The van der Waals surface area contributed by atoms with Crippen molar-refractivity contribution in [1.29, 1.82) is 0 Å². The van der Waals surface area contributed by atoms with E-state index >= 15 is 0 Å². The second-order valence-corrected chi connectivity index (χ2v) is 9.53. The number of para-hydroxylation sites is 1. The van der Waals surface area contributed by atoms with Gasteiger partial charge in [-0.2, -0.15) is 0 Å². The van der Waals surface area contributed by atoms with E-state index in [0.717, 1.165) is 48.2 Å². The number of nitrogens with zero attached hydrogens (tertiary/aromatic N) is 5. The molecule has 1 N–H and O–H groups in total. The number of hydrogen-bond donors (Lipinski definition) is 1. The Morgan fingerprint density at radius 2 is 1.83 bits per heavy atom. The first kappa shape index (κ1) is 20.5. The molecule has 0 saturated heterocycles. The number of hydrogen-bond acceptors (Lipinski definition) is 7. The molecule has 0 bridgehead atoms. The molecule has 3 aliphatic rings. The van der Waals surface area contributed by atoms with Gasteiger partial charge < -0.3 is 19.4 Å². The van der Waals surface area contributed by atoms with Crippen molar-refractivity contribution in [3.8, 4) is 11.5 Å². The average Bonchev–Trinajstić information content (AvgIpc) is 3.65. The SMILES string of the molecule is O=c1[nH]c2cc3c(cc2cc1[C@H](c1nnnn1C1CCCC1)N1CCc2ccccc21)OCCO3. The molecular weight excluding hydrogens is 444 g/mol. The summed E-state index contributed by atoms with van der Waals surface area (Å²) in [6.07, 6.45) is 5.37. The van der Waals surface area contributed by atoms with E-state index in [1.54, 1.807) is 0 Å². The third kappa shape index (κ3) is 3.37. The molecule has 2 aliphatic heterocycles. The Hall–Kier alpha value is -3.88. The van der Waals surface area contributed by atoms with Gasteiger partial charge >= 0.3 is 0 Å². The highest BCUT2D eigenvalue weighted by atomic mass is 16.6. The van der Waals surface area contributed by atoms with Gasteiger partial charge in [-0.25, -0.2) is 4.68 Å². The molecule has 1 atom stereocenters. The zero-order valence-corrected chi connectivity index (χ0v) is 19.3. The zero-order valence-electron chi connectivity index (χ0n) is 19.3. The van der Waals surface area contributed by atoms with Crippen molar-refractivity contribution in [2.24, 2.45) is 0 Å². The molecule has 4 aromatic rings. The first-order chi connectivity index (χ1) is 17.3. The number of ether oxygens (including phenoxy) is 2. The van der Waals surface area contributed by atoms with E-state index in [4.69, 9.17) is 9.47 Å². The summed E-state index contributed by atoms with van der Waals surface area (Å²) < 4.78 is 13.5. The fourth-order valence-electron chi connectivity index (χ4n) is 5.83. The lowest BCUT2D eigenvalue weighted by atomic mass is 10.0. The van der Waals surface area contributed by atoms with E-state index < -0.39 is 6.04 Å². The standard InChI is InChI=1S/C26H26N6O3/c33-26-19(13-17-14-22-23(15-20(17)27-26)35-12-11-34-22)24(31-10-9-16-5-1-4-8-21(16)31)25-28-29-30-32(25)18-6-2-3-7-18/h1,4-5,8,13-15,18,24H,2-3,6-7,9-12H2,(H,27,33)/t24-/m1/s1. The number of anilines is 1. The highest BCUT2D eigenvalue weighted by Gasteiger charge is 2.36. The number of aromatic amines is 1. The van der Waals surface area contributed by atoms with Crippen molar-refractivity contribution < 1.29 is 9.47 Å². The fraction of sp³-hybridized carbons (Fsp3) is 0.385. The van der Waals surface area contributed by atoms with Gasteiger partial charge in [0.1, 0.15) is 19.3 Å². The normalized spacial score (nSPS) is 18.2. The van der Waals surface area contributed by atoms with E-state index in [1.165, 1.54) is 18.4 Å². The predicted molar refractivity (Wildman–Crippen MR) is 130 cm³/mol. The van der Waals surface area contributed by atoms with Gasteiger partial charge in [-0.1, -0.05) is 31.0 Å². The first-order valence-corrected chi connectivity index (χ1v) is 12.3. The molecule has 0 amide bonds. The molecule has 9 heteroatoms. The Morgan fingerprint density at radius 3 is 2.69 bits per heavy atom. The van der Waals surface area contributed by atoms with Crippen LogP contribution in [0.25, 0.3) is 10.9 Å². The molecule has 0 spiro atoms. The third-order valence-corrected chi connectivity index (χ3v) is 7.50. The second-order valence-electron chi connectivity index (χ2n) is 9.53. The van der Waals surface area contributed by atoms with Crippen molar-refractivity contribution in [2.45, 2.75) is 44.2 Å². The predicted octanol–water partition coefficient (Wildman–Crippen LogP) is 3.55. The number of aromatic nitrogens is 5. The molecule has 7 rings (SSSR count). The largest absolute Gasteiger partial charge is 0.486 e. The highest BCUT2D eigenvalue weighted by molar-refractivity contribution is 5.83. The molecule has 4 heterocycles. The van der Waals surface area contributed by atoms with Crippen LogP contribution in [0.1, 0.15) is 54.7 Å². The van der Waals surface area contributed by atoms with Crippen LogP contribution in [0.2, 0.25) is 0 Å². The Bertz CT molecular complexity index is 1470. The Kier molecular flexibility index (Phi) is 4.75. The van der Waals surface area contributed by atoms with Crippen LogP contribution in [0.3, 0.4) is 0 Å². The van der Waals surface area contributed by atoms with Crippen molar-refractivity contribution in [3.05, 3.63) is 69.8 Å². The van der Waals surface area contributed by atoms with Crippen molar-refractivity contribution >= 4 is 16.6 Å². The molecule has 0 unspecified atom stereocenters. The summed E-state index contributed by atoms with van der Waals surface area (Å²) in [7, 11) is 0. The van der Waals surface area contributed by atoms with Crippen LogP contribution < -0.4 is 19.9 Å². The van der Waals surface area contributed by atoms with Crippen LogP contribution in [0, 0.1) is 0 Å². The molecule has 2 aromatic heterocycles.